The minimum absolute atomic E-state index is 0.115. The number of hydrogen-bond donors (Lipinski definition) is 1. The van der Waals surface area contributed by atoms with Crippen molar-refractivity contribution < 1.29 is 4.74 Å². The molecule has 1 N–H and O–H groups in total. The minimum atomic E-state index is 0.115. The van der Waals surface area contributed by atoms with Crippen molar-refractivity contribution in [2.45, 2.75) is 19.4 Å². The van der Waals surface area contributed by atoms with Crippen molar-refractivity contribution in [1.82, 2.24) is 5.32 Å². The van der Waals surface area contributed by atoms with E-state index in [1.54, 1.807) is 18.4 Å². The molecule has 5 heteroatoms. The van der Waals surface area contributed by atoms with Gasteiger partial charge in [-0.2, -0.15) is 0 Å². The maximum atomic E-state index is 6.41. The normalized spacial score (nSPS) is 12.4. The van der Waals surface area contributed by atoms with E-state index in [0.29, 0.717) is 0 Å². The summed E-state index contributed by atoms with van der Waals surface area (Å²) in [4.78, 5) is 1.25. The highest BCUT2D eigenvalue weighted by Gasteiger charge is 2.18. The second-order valence-electron chi connectivity index (χ2n) is 4.42. The maximum absolute atomic E-state index is 6.41. The molecule has 0 saturated heterocycles. The van der Waals surface area contributed by atoms with Gasteiger partial charge in [0.2, 0.25) is 0 Å². The van der Waals surface area contributed by atoms with Crippen LogP contribution in [-0.2, 0) is 0 Å². The average Bonchev–Trinajstić information content (AvgIpc) is 2.87. The van der Waals surface area contributed by atoms with Gasteiger partial charge >= 0.3 is 0 Å². The second-order valence-corrected chi connectivity index (χ2v) is 7.32. The zero-order valence-corrected chi connectivity index (χ0v) is 14.6. The Labute approximate surface area is 137 Å². The van der Waals surface area contributed by atoms with Gasteiger partial charge < -0.3 is 10.1 Å². The Morgan fingerprint density at radius 3 is 2.70 bits per heavy atom. The number of methoxy groups -OCH3 is 1. The summed E-state index contributed by atoms with van der Waals surface area (Å²) < 4.78 is 6.34. The molecule has 0 saturated carbocycles. The van der Waals surface area contributed by atoms with E-state index in [1.807, 2.05) is 18.2 Å². The fourth-order valence-electron chi connectivity index (χ4n) is 2.00. The van der Waals surface area contributed by atoms with Crippen LogP contribution in [0.2, 0.25) is 5.02 Å². The molecular formula is C15H17BrClNOS. The Morgan fingerprint density at radius 1 is 1.35 bits per heavy atom. The summed E-state index contributed by atoms with van der Waals surface area (Å²) in [6.07, 6.45) is 1.08. The number of thiophene rings is 1. The largest absolute Gasteiger partial charge is 0.497 e. The van der Waals surface area contributed by atoms with Crippen molar-refractivity contribution in [3.63, 3.8) is 0 Å². The van der Waals surface area contributed by atoms with Crippen LogP contribution in [0, 0.1) is 0 Å². The number of benzene rings is 1. The van der Waals surface area contributed by atoms with Crippen molar-refractivity contribution in [1.29, 1.82) is 0 Å². The van der Waals surface area contributed by atoms with Gasteiger partial charge in [0.15, 0.2) is 0 Å². The third-order valence-electron chi connectivity index (χ3n) is 3.00. The molecule has 1 atom stereocenters. The van der Waals surface area contributed by atoms with E-state index in [0.717, 1.165) is 33.1 Å². The monoisotopic (exact) mass is 373 g/mol. The quantitative estimate of drug-likeness (QED) is 0.744. The van der Waals surface area contributed by atoms with Gasteiger partial charge in [0.25, 0.3) is 0 Å². The van der Waals surface area contributed by atoms with Crippen LogP contribution in [0.3, 0.4) is 0 Å². The van der Waals surface area contributed by atoms with Crippen LogP contribution < -0.4 is 10.1 Å². The molecule has 0 spiro atoms. The molecule has 108 valence electrons. The molecule has 2 rings (SSSR count). The molecule has 2 aromatic rings. The van der Waals surface area contributed by atoms with E-state index in [9.17, 15) is 0 Å². The SMILES string of the molecule is CCCNC(c1ccc(Br)s1)c1ccc(OC)cc1Cl. The molecule has 0 aliphatic heterocycles. The predicted octanol–water partition coefficient (Wildman–Crippen LogP) is 5.26. The number of nitrogens with one attached hydrogen (secondary N) is 1. The molecule has 0 fully saturated rings. The number of rotatable bonds is 6. The van der Waals surface area contributed by atoms with Crippen LogP contribution in [0.25, 0.3) is 0 Å². The van der Waals surface area contributed by atoms with Gasteiger partial charge in [0.05, 0.1) is 16.9 Å². The molecule has 20 heavy (non-hydrogen) atoms. The maximum Gasteiger partial charge on any atom is 0.120 e. The first-order valence-electron chi connectivity index (χ1n) is 6.47. The summed E-state index contributed by atoms with van der Waals surface area (Å²) in [5, 5.41) is 4.28. The summed E-state index contributed by atoms with van der Waals surface area (Å²) in [5.74, 6) is 0.778. The van der Waals surface area contributed by atoms with E-state index in [-0.39, 0.29) is 6.04 Å². The zero-order valence-electron chi connectivity index (χ0n) is 11.5. The Kier molecular flexibility index (Phi) is 5.90. The summed E-state index contributed by atoms with van der Waals surface area (Å²) >= 11 is 11.7. The standard InChI is InChI=1S/C15H17BrClNOS/c1-3-8-18-15(13-6-7-14(16)20-13)11-5-4-10(19-2)9-12(11)17/h4-7,9,15,18H,3,8H2,1-2H3. The third-order valence-corrected chi connectivity index (χ3v) is 5.01. The zero-order chi connectivity index (χ0) is 14.5. The smallest absolute Gasteiger partial charge is 0.120 e. The lowest BCUT2D eigenvalue weighted by atomic mass is 10.0. The van der Waals surface area contributed by atoms with Crippen molar-refractivity contribution in [3.05, 3.63) is 49.6 Å². The van der Waals surface area contributed by atoms with Crippen molar-refractivity contribution >= 4 is 38.9 Å². The number of halogens is 2. The molecule has 1 unspecified atom stereocenters. The molecule has 0 bridgehead atoms. The molecule has 1 aromatic heterocycles. The highest BCUT2D eigenvalue weighted by atomic mass is 79.9. The van der Waals surface area contributed by atoms with Gasteiger partial charge in [0.1, 0.15) is 5.75 Å². The number of hydrogen-bond acceptors (Lipinski definition) is 3. The fraction of sp³-hybridized carbons (Fsp3) is 0.333. The van der Waals surface area contributed by atoms with Gasteiger partial charge in [-0.15, -0.1) is 11.3 Å². The highest BCUT2D eigenvalue weighted by molar-refractivity contribution is 9.11. The van der Waals surface area contributed by atoms with Crippen LogP contribution in [0.15, 0.2) is 34.1 Å². The summed E-state index contributed by atoms with van der Waals surface area (Å²) in [5.41, 5.74) is 1.08. The first-order valence-corrected chi connectivity index (χ1v) is 8.46. The third kappa shape index (κ3) is 3.76. The average molecular weight is 375 g/mol. The molecular weight excluding hydrogens is 358 g/mol. The van der Waals surface area contributed by atoms with Crippen molar-refractivity contribution in [2.24, 2.45) is 0 Å². The van der Waals surface area contributed by atoms with Crippen LogP contribution >= 0.6 is 38.9 Å². The Morgan fingerprint density at radius 2 is 2.15 bits per heavy atom. The van der Waals surface area contributed by atoms with Crippen LogP contribution in [0.5, 0.6) is 5.75 Å². The Balaban J connectivity index is 2.35. The molecule has 0 radical (unpaired) electrons. The van der Waals surface area contributed by atoms with Crippen molar-refractivity contribution in [3.8, 4) is 5.75 Å². The van der Waals surface area contributed by atoms with Crippen LogP contribution in [0.4, 0.5) is 0 Å². The Bertz CT molecular complexity index is 573. The van der Waals surface area contributed by atoms with Gasteiger partial charge in [-0.05, 0) is 58.7 Å². The predicted molar refractivity (Wildman–Crippen MR) is 90.2 cm³/mol. The molecule has 0 aliphatic carbocycles. The molecule has 1 heterocycles. The summed E-state index contributed by atoms with van der Waals surface area (Å²) in [6, 6.07) is 10.2. The summed E-state index contributed by atoms with van der Waals surface area (Å²) in [7, 11) is 1.65. The van der Waals surface area contributed by atoms with Crippen molar-refractivity contribution in [2.75, 3.05) is 13.7 Å². The molecule has 1 aromatic carbocycles. The van der Waals surface area contributed by atoms with E-state index in [1.165, 1.54) is 4.88 Å². The molecule has 0 amide bonds. The van der Waals surface area contributed by atoms with Gasteiger partial charge in [-0.3, -0.25) is 0 Å². The second kappa shape index (κ2) is 7.46. The van der Waals surface area contributed by atoms with E-state index >= 15 is 0 Å². The topological polar surface area (TPSA) is 21.3 Å². The lowest BCUT2D eigenvalue weighted by molar-refractivity contribution is 0.414. The molecule has 0 aliphatic rings. The highest BCUT2D eigenvalue weighted by Crippen LogP contribution is 2.35. The molecule has 2 nitrogen and oxygen atoms in total. The lowest BCUT2D eigenvalue weighted by Crippen LogP contribution is -2.22. The van der Waals surface area contributed by atoms with Gasteiger partial charge in [-0.25, -0.2) is 0 Å². The Hall–Kier alpha value is -0.550. The van der Waals surface area contributed by atoms with Gasteiger partial charge in [0, 0.05) is 9.90 Å². The first kappa shape index (κ1) is 15.8. The van der Waals surface area contributed by atoms with E-state index in [4.69, 9.17) is 16.3 Å². The van der Waals surface area contributed by atoms with Crippen LogP contribution in [-0.4, -0.2) is 13.7 Å². The lowest BCUT2D eigenvalue weighted by Gasteiger charge is -2.19. The van der Waals surface area contributed by atoms with E-state index < -0.39 is 0 Å². The van der Waals surface area contributed by atoms with Crippen LogP contribution in [0.1, 0.15) is 29.8 Å². The van der Waals surface area contributed by atoms with E-state index in [2.05, 4.69) is 40.3 Å². The number of ether oxygens (including phenoxy) is 1. The van der Waals surface area contributed by atoms with Gasteiger partial charge in [-0.1, -0.05) is 24.6 Å². The summed E-state index contributed by atoms with van der Waals surface area (Å²) in [6.45, 7) is 3.10. The minimum Gasteiger partial charge on any atom is -0.497 e. The fourth-order valence-corrected chi connectivity index (χ4v) is 3.80. The first-order chi connectivity index (χ1) is 9.65.